The molecule has 7 heteroatoms. The van der Waals surface area contributed by atoms with E-state index in [1.54, 1.807) is 48.5 Å². The molecule has 0 aromatic heterocycles. The van der Waals surface area contributed by atoms with Crippen molar-refractivity contribution in [2.45, 2.75) is 17.5 Å². The van der Waals surface area contributed by atoms with Crippen molar-refractivity contribution < 1.29 is 14.4 Å². The molecule has 0 radical (unpaired) electrons. The molecule has 196 valence electrons. The zero-order valence-electron chi connectivity index (χ0n) is 21.1. The number of hydrogen-bond donors (Lipinski definition) is 1. The number of halogens is 2. The molecule has 1 saturated heterocycles. The third-order valence-electron chi connectivity index (χ3n) is 8.40. The highest BCUT2D eigenvalue weighted by Crippen LogP contribution is 2.62. The molecule has 3 aliphatic rings. The maximum absolute atomic E-state index is 14.8. The highest BCUT2D eigenvalue weighted by molar-refractivity contribution is 6.35. The largest absolute Gasteiger partial charge is 0.358 e. The normalized spacial score (nSPS) is 23.9. The standard InChI is InChI=1S/C33H22Cl2N2O3/c34-24-14-6-3-11-21(24)29(38)27-28(30(39)22-12-4-7-15-25(22)35)37-18-17-19-9-1-2-10-20(19)31(37)33(27)23-13-5-8-16-26(23)36-32(33)40/h1-18,27-28,31H,(H,36,40)/t27-,28+,31+,33-/m1/s1. The second kappa shape index (κ2) is 9.19. The van der Waals surface area contributed by atoms with Gasteiger partial charge in [0.25, 0.3) is 0 Å². The number of amides is 1. The van der Waals surface area contributed by atoms with Crippen molar-refractivity contribution in [1.82, 2.24) is 4.90 Å². The molecule has 4 atom stereocenters. The molecule has 3 aliphatic heterocycles. The summed E-state index contributed by atoms with van der Waals surface area (Å²) in [5.41, 5.74) is 2.23. The Morgan fingerprint density at radius 3 is 2.08 bits per heavy atom. The number of Topliss-reactive ketones (excluding diaryl/α,β-unsaturated/α-hetero) is 2. The summed E-state index contributed by atoms with van der Waals surface area (Å²) in [4.78, 5) is 45.6. The molecule has 1 spiro atoms. The summed E-state index contributed by atoms with van der Waals surface area (Å²) in [5, 5.41) is 3.59. The van der Waals surface area contributed by atoms with Gasteiger partial charge in [-0.1, -0.05) is 89.9 Å². The predicted molar refractivity (Wildman–Crippen MR) is 156 cm³/mol. The highest BCUT2D eigenvalue weighted by atomic mass is 35.5. The van der Waals surface area contributed by atoms with Gasteiger partial charge in [0, 0.05) is 23.0 Å². The van der Waals surface area contributed by atoms with Gasteiger partial charge >= 0.3 is 0 Å². The molecule has 7 rings (SSSR count). The average molecular weight is 565 g/mol. The number of carbonyl (C=O) groups excluding carboxylic acids is 3. The fraction of sp³-hybridized carbons (Fsp3) is 0.121. The first-order valence-electron chi connectivity index (χ1n) is 13.0. The quantitative estimate of drug-likeness (QED) is 0.272. The van der Waals surface area contributed by atoms with Crippen LogP contribution < -0.4 is 5.32 Å². The maximum Gasteiger partial charge on any atom is 0.238 e. The van der Waals surface area contributed by atoms with Crippen LogP contribution >= 0.6 is 23.2 Å². The molecule has 3 heterocycles. The zero-order valence-corrected chi connectivity index (χ0v) is 22.6. The van der Waals surface area contributed by atoms with E-state index in [0.717, 1.165) is 11.1 Å². The number of hydrogen-bond acceptors (Lipinski definition) is 4. The maximum atomic E-state index is 14.8. The van der Waals surface area contributed by atoms with Gasteiger partial charge in [-0.15, -0.1) is 0 Å². The fourth-order valence-electron chi connectivity index (χ4n) is 6.82. The van der Waals surface area contributed by atoms with Crippen LogP contribution in [0, 0.1) is 5.92 Å². The number of anilines is 1. The monoisotopic (exact) mass is 564 g/mol. The molecular formula is C33H22Cl2N2O3. The summed E-state index contributed by atoms with van der Waals surface area (Å²) in [6, 6.07) is 27.1. The van der Waals surface area contributed by atoms with Crippen LogP contribution in [0.2, 0.25) is 10.0 Å². The van der Waals surface area contributed by atoms with Gasteiger partial charge in [-0.25, -0.2) is 0 Å². The Bertz CT molecular complexity index is 1770. The smallest absolute Gasteiger partial charge is 0.238 e. The van der Waals surface area contributed by atoms with Gasteiger partial charge in [0.1, 0.15) is 11.5 Å². The first-order chi connectivity index (χ1) is 19.4. The summed E-state index contributed by atoms with van der Waals surface area (Å²) in [5.74, 6) is -2.14. The molecule has 0 bridgehead atoms. The fourth-order valence-corrected chi connectivity index (χ4v) is 7.27. The Balaban J connectivity index is 1.57. The number of rotatable bonds is 4. The molecule has 1 fully saturated rings. The summed E-state index contributed by atoms with van der Waals surface area (Å²) in [7, 11) is 0. The van der Waals surface area contributed by atoms with Gasteiger partial charge in [-0.2, -0.15) is 0 Å². The van der Waals surface area contributed by atoms with Crippen molar-refractivity contribution in [2.24, 2.45) is 5.92 Å². The van der Waals surface area contributed by atoms with Crippen molar-refractivity contribution >= 4 is 52.4 Å². The van der Waals surface area contributed by atoms with Gasteiger partial charge in [0.05, 0.1) is 22.0 Å². The van der Waals surface area contributed by atoms with Gasteiger partial charge in [-0.05, 0) is 53.1 Å². The number of benzene rings is 4. The topological polar surface area (TPSA) is 66.5 Å². The first-order valence-corrected chi connectivity index (χ1v) is 13.7. The minimum absolute atomic E-state index is 0.263. The van der Waals surface area contributed by atoms with E-state index in [-0.39, 0.29) is 33.1 Å². The van der Waals surface area contributed by atoms with Gasteiger partial charge < -0.3 is 10.2 Å². The van der Waals surface area contributed by atoms with E-state index in [4.69, 9.17) is 23.2 Å². The van der Waals surface area contributed by atoms with Crippen LogP contribution in [-0.2, 0) is 10.2 Å². The van der Waals surface area contributed by atoms with Gasteiger partial charge in [-0.3, -0.25) is 14.4 Å². The second-order valence-corrected chi connectivity index (χ2v) is 11.1. The number of para-hydroxylation sites is 1. The van der Waals surface area contributed by atoms with Crippen molar-refractivity contribution in [2.75, 3.05) is 5.32 Å². The number of carbonyl (C=O) groups is 3. The van der Waals surface area contributed by atoms with Crippen molar-refractivity contribution in [3.63, 3.8) is 0 Å². The molecule has 4 aromatic rings. The van der Waals surface area contributed by atoms with Crippen LogP contribution in [0.15, 0.2) is 103 Å². The third-order valence-corrected chi connectivity index (χ3v) is 9.06. The Hall–Kier alpha value is -4.19. The molecule has 0 unspecified atom stereocenters. The summed E-state index contributed by atoms with van der Waals surface area (Å²) in [6.45, 7) is 0. The van der Waals surface area contributed by atoms with E-state index in [1.807, 2.05) is 65.7 Å². The summed E-state index contributed by atoms with van der Waals surface area (Å²) >= 11 is 13.1. The van der Waals surface area contributed by atoms with Crippen LogP contribution in [0.1, 0.15) is 43.4 Å². The van der Waals surface area contributed by atoms with E-state index in [9.17, 15) is 14.4 Å². The molecule has 5 nitrogen and oxygen atoms in total. The summed E-state index contributed by atoms with van der Waals surface area (Å²) < 4.78 is 0. The van der Waals surface area contributed by atoms with Crippen molar-refractivity contribution in [3.05, 3.63) is 141 Å². The van der Waals surface area contributed by atoms with Crippen molar-refractivity contribution in [3.8, 4) is 0 Å². The first kappa shape index (κ1) is 24.8. The Kier molecular flexibility index (Phi) is 5.70. The lowest BCUT2D eigenvalue weighted by Crippen LogP contribution is -2.49. The number of ketones is 2. The van der Waals surface area contributed by atoms with Crippen LogP contribution in [0.5, 0.6) is 0 Å². The lowest BCUT2D eigenvalue weighted by atomic mass is 9.62. The molecular weight excluding hydrogens is 543 g/mol. The predicted octanol–water partition coefficient (Wildman–Crippen LogP) is 6.98. The van der Waals surface area contributed by atoms with Crippen LogP contribution in [0.4, 0.5) is 5.69 Å². The SMILES string of the molecule is O=C(c1ccccc1Cl)[C@@H]1[C@H](C(=O)c2ccccc2Cl)[C@@]2(C(=O)Nc3ccccc32)[C@@H]2c3ccccc3C=CN12. The lowest BCUT2D eigenvalue weighted by Gasteiger charge is -2.38. The minimum atomic E-state index is -1.42. The van der Waals surface area contributed by atoms with E-state index < -0.39 is 23.4 Å². The Morgan fingerprint density at radius 1 is 0.750 bits per heavy atom. The summed E-state index contributed by atoms with van der Waals surface area (Å²) in [6.07, 6.45) is 3.76. The second-order valence-electron chi connectivity index (χ2n) is 10.3. The van der Waals surface area contributed by atoms with Crippen LogP contribution in [0.3, 0.4) is 0 Å². The van der Waals surface area contributed by atoms with Gasteiger partial charge in [0.15, 0.2) is 11.6 Å². The van der Waals surface area contributed by atoms with E-state index in [0.29, 0.717) is 16.8 Å². The zero-order chi connectivity index (χ0) is 27.6. The Morgan fingerprint density at radius 2 is 1.35 bits per heavy atom. The lowest BCUT2D eigenvalue weighted by molar-refractivity contribution is -0.122. The average Bonchev–Trinajstić information content (AvgIpc) is 3.45. The van der Waals surface area contributed by atoms with Crippen LogP contribution in [0.25, 0.3) is 6.08 Å². The molecule has 4 aromatic carbocycles. The number of nitrogens with one attached hydrogen (secondary N) is 1. The molecule has 40 heavy (non-hydrogen) atoms. The highest BCUT2D eigenvalue weighted by Gasteiger charge is 2.70. The van der Waals surface area contributed by atoms with Gasteiger partial charge in [0.2, 0.25) is 5.91 Å². The number of fused-ring (bicyclic) bond motifs is 6. The van der Waals surface area contributed by atoms with E-state index in [1.165, 1.54) is 0 Å². The molecule has 0 aliphatic carbocycles. The van der Waals surface area contributed by atoms with Crippen LogP contribution in [-0.4, -0.2) is 28.4 Å². The van der Waals surface area contributed by atoms with E-state index >= 15 is 0 Å². The Labute approximate surface area is 241 Å². The van der Waals surface area contributed by atoms with E-state index in [2.05, 4.69) is 5.32 Å². The molecule has 1 N–H and O–H groups in total. The minimum Gasteiger partial charge on any atom is -0.358 e. The van der Waals surface area contributed by atoms with Crippen molar-refractivity contribution in [1.29, 1.82) is 0 Å². The third kappa shape index (κ3) is 3.31. The molecule has 1 amide bonds. The number of nitrogens with zero attached hydrogens (tertiary/aromatic N) is 1. The molecule has 0 saturated carbocycles.